The molecule has 5 rings (SSSR count). The normalized spacial score (nSPS) is 11.5. The van der Waals surface area contributed by atoms with Crippen molar-refractivity contribution in [1.29, 1.82) is 0 Å². The monoisotopic (exact) mass is 489 g/mol. The van der Waals surface area contributed by atoms with Crippen LogP contribution in [0.3, 0.4) is 0 Å². The Kier molecular flexibility index (Phi) is 6.85. The molecule has 1 N–H and O–H groups in total. The third-order valence-corrected chi connectivity index (χ3v) is 5.80. The first kappa shape index (κ1) is 23.7. The summed E-state index contributed by atoms with van der Waals surface area (Å²) in [7, 11) is 1.55. The number of hydrogen-bond acceptors (Lipinski definition) is 6. The maximum atomic E-state index is 13.6. The van der Waals surface area contributed by atoms with Crippen molar-refractivity contribution in [3.8, 4) is 17.0 Å². The molecule has 0 saturated carbocycles. The van der Waals surface area contributed by atoms with Crippen molar-refractivity contribution in [3.63, 3.8) is 0 Å². The quantitative estimate of drug-likeness (QED) is 0.289. The number of nitrogens with one attached hydrogen (secondary N) is 1. The lowest BCUT2D eigenvalue weighted by Crippen LogP contribution is -2.26. The lowest BCUT2D eigenvalue weighted by Gasteiger charge is -2.19. The van der Waals surface area contributed by atoms with Crippen molar-refractivity contribution in [2.45, 2.75) is 6.10 Å². The van der Waals surface area contributed by atoms with Gasteiger partial charge in [0.2, 0.25) is 6.10 Å². The Labute approximate surface area is 213 Å². The number of ether oxygens (including phenoxy) is 2. The average Bonchev–Trinajstić information content (AvgIpc) is 2.96. The number of nitrogens with zero attached hydrogens (tertiary/aromatic N) is 2. The van der Waals surface area contributed by atoms with Crippen LogP contribution >= 0.6 is 0 Å². The number of fused-ring (bicyclic) bond motifs is 1. The number of esters is 1. The summed E-state index contributed by atoms with van der Waals surface area (Å²) in [6, 6.07) is 28.5. The van der Waals surface area contributed by atoms with E-state index < -0.39 is 18.0 Å². The number of amides is 1. The lowest BCUT2D eigenvalue weighted by molar-refractivity contribution is -0.125. The van der Waals surface area contributed by atoms with E-state index in [1.54, 1.807) is 86.2 Å². The number of carbonyl (C=O) groups is 2. The molecule has 3 aromatic carbocycles. The van der Waals surface area contributed by atoms with Gasteiger partial charge in [-0.25, -0.2) is 9.78 Å². The summed E-state index contributed by atoms with van der Waals surface area (Å²) in [5.74, 6) is -0.533. The predicted octanol–water partition coefficient (Wildman–Crippen LogP) is 5.84. The summed E-state index contributed by atoms with van der Waals surface area (Å²) >= 11 is 0. The third kappa shape index (κ3) is 5.31. The van der Waals surface area contributed by atoms with Gasteiger partial charge in [0.05, 0.1) is 23.9 Å². The van der Waals surface area contributed by atoms with Gasteiger partial charge in [-0.05, 0) is 36.4 Å². The van der Waals surface area contributed by atoms with Gasteiger partial charge in [-0.3, -0.25) is 9.78 Å². The molecule has 1 unspecified atom stereocenters. The maximum absolute atomic E-state index is 13.6. The van der Waals surface area contributed by atoms with E-state index in [9.17, 15) is 9.59 Å². The molecule has 7 nitrogen and oxygen atoms in total. The molecule has 0 fully saturated rings. The van der Waals surface area contributed by atoms with E-state index in [1.807, 2.05) is 30.3 Å². The molecule has 1 amide bonds. The molecular formula is C30H23N3O4. The standard InChI is InChI=1S/C30H23N3O4/c1-36-23-13-7-12-22(17-23)32-29(34)28(20-9-3-2-4-10-20)37-30(35)25-18-27(21-11-8-16-31-19-21)33-26-15-6-5-14-24(25)26/h2-19,28H,1H3,(H,32,34). The van der Waals surface area contributed by atoms with E-state index in [2.05, 4.69) is 10.3 Å². The Morgan fingerprint density at radius 1 is 0.865 bits per heavy atom. The number of rotatable bonds is 7. The molecule has 182 valence electrons. The van der Waals surface area contributed by atoms with Gasteiger partial charge in [-0.1, -0.05) is 54.6 Å². The van der Waals surface area contributed by atoms with E-state index >= 15 is 0 Å². The van der Waals surface area contributed by atoms with Crippen LogP contribution in [0.4, 0.5) is 5.69 Å². The van der Waals surface area contributed by atoms with Crippen LogP contribution in [0.5, 0.6) is 5.75 Å². The van der Waals surface area contributed by atoms with E-state index in [-0.39, 0.29) is 0 Å². The van der Waals surface area contributed by atoms with Gasteiger partial charge in [-0.2, -0.15) is 0 Å². The zero-order valence-electron chi connectivity index (χ0n) is 20.0. The number of pyridine rings is 2. The first-order valence-corrected chi connectivity index (χ1v) is 11.6. The molecule has 2 heterocycles. The summed E-state index contributed by atoms with van der Waals surface area (Å²) in [6.07, 6.45) is 2.17. The highest BCUT2D eigenvalue weighted by molar-refractivity contribution is 6.06. The minimum atomic E-state index is -1.19. The van der Waals surface area contributed by atoms with Crippen molar-refractivity contribution in [2.75, 3.05) is 12.4 Å². The second-order valence-corrected chi connectivity index (χ2v) is 8.23. The van der Waals surface area contributed by atoms with Crippen molar-refractivity contribution in [3.05, 3.63) is 121 Å². The van der Waals surface area contributed by atoms with Gasteiger partial charge >= 0.3 is 5.97 Å². The minimum absolute atomic E-state index is 0.305. The predicted molar refractivity (Wildman–Crippen MR) is 141 cm³/mol. The van der Waals surface area contributed by atoms with Gasteiger partial charge < -0.3 is 14.8 Å². The first-order chi connectivity index (χ1) is 18.1. The number of carbonyl (C=O) groups excluding carboxylic acids is 2. The Morgan fingerprint density at radius 2 is 1.68 bits per heavy atom. The molecule has 0 saturated heterocycles. The van der Waals surface area contributed by atoms with Crippen LogP contribution in [0.25, 0.3) is 22.2 Å². The summed E-state index contributed by atoms with van der Waals surface area (Å²) in [6.45, 7) is 0. The highest BCUT2D eigenvalue weighted by Gasteiger charge is 2.27. The molecular weight excluding hydrogens is 466 g/mol. The number of anilines is 1. The Balaban J connectivity index is 1.51. The molecule has 37 heavy (non-hydrogen) atoms. The van der Waals surface area contributed by atoms with Crippen molar-refractivity contribution in [1.82, 2.24) is 9.97 Å². The molecule has 2 aromatic heterocycles. The molecule has 0 aliphatic carbocycles. The van der Waals surface area contributed by atoms with Crippen LogP contribution in [0.15, 0.2) is 109 Å². The van der Waals surface area contributed by atoms with Gasteiger partial charge in [0, 0.05) is 40.7 Å². The summed E-state index contributed by atoms with van der Waals surface area (Å²) < 4.78 is 11.1. The molecule has 1 atom stereocenters. The lowest BCUT2D eigenvalue weighted by atomic mass is 10.0. The van der Waals surface area contributed by atoms with Gasteiger partial charge in [0.15, 0.2) is 0 Å². The molecule has 5 aromatic rings. The highest BCUT2D eigenvalue weighted by atomic mass is 16.5. The van der Waals surface area contributed by atoms with Gasteiger partial charge in [-0.15, -0.1) is 0 Å². The molecule has 0 radical (unpaired) electrons. The first-order valence-electron chi connectivity index (χ1n) is 11.6. The number of hydrogen-bond donors (Lipinski definition) is 1. The van der Waals surface area contributed by atoms with E-state index in [4.69, 9.17) is 14.5 Å². The van der Waals surface area contributed by atoms with Crippen LogP contribution in [0.2, 0.25) is 0 Å². The second kappa shape index (κ2) is 10.7. The minimum Gasteiger partial charge on any atom is -0.497 e. The Morgan fingerprint density at radius 3 is 2.46 bits per heavy atom. The summed E-state index contributed by atoms with van der Waals surface area (Å²) in [5.41, 5.74) is 3.35. The highest BCUT2D eigenvalue weighted by Crippen LogP contribution is 2.28. The molecule has 7 heteroatoms. The smallest absolute Gasteiger partial charge is 0.340 e. The fourth-order valence-corrected chi connectivity index (χ4v) is 3.99. The fraction of sp³-hybridized carbons (Fsp3) is 0.0667. The van der Waals surface area contributed by atoms with Gasteiger partial charge in [0.25, 0.3) is 5.91 Å². The fourth-order valence-electron chi connectivity index (χ4n) is 3.99. The SMILES string of the molecule is COc1cccc(NC(=O)C(OC(=O)c2cc(-c3cccnc3)nc3ccccc23)c2ccccc2)c1. The van der Waals surface area contributed by atoms with Crippen molar-refractivity contribution >= 4 is 28.5 Å². The van der Waals surface area contributed by atoms with Crippen LogP contribution in [-0.4, -0.2) is 29.0 Å². The van der Waals surface area contributed by atoms with Crippen LogP contribution < -0.4 is 10.1 Å². The number of para-hydroxylation sites is 1. The van der Waals surface area contributed by atoms with E-state index in [0.29, 0.717) is 39.2 Å². The number of methoxy groups -OCH3 is 1. The van der Waals surface area contributed by atoms with Crippen molar-refractivity contribution < 1.29 is 19.1 Å². The third-order valence-electron chi connectivity index (χ3n) is 5.80. The zero-order valence-corrected chi connectivity index (χ0v) is 20.0. The molecule has 0 bridgehead atoms. The number of benzene rings is 3. The van der Waals surface area contributed by atoms with Crippen LogP contribution in [0, 0.1) is 0 Å². The second-order valence-electron chi connectivity index (χ2n) is 8.23. The Hall–Kier alpha value is -5.04. The molecule has 0 spiro atoms. The van der Waals surface area contributed by atoms with Crippen LogP contribution in [0.1, 0.15) is 22.0 Å². The molecule has 0 aliphatic heterocycles. The van der Waals surface area contributed by atoms with E-state index in [0.717, 1.165) is 5.56 Å². The number of aromatic nitrogens is 2. The van der Waals surface area contributed by atoms with Crippen molar-refractivity contribution in [2.24, 2.45) is 0 Å². The van der Waals surface area contributed by atoms with E-state index in [1.165, 1.54) is 0 Å². The summed E-state index contributed by atoms with van der Waals surface area (Å²) in [5, 5.41) is 3.45. The zero-order chi connectivity index (χ0) is 25.6. The van der Waals surface area contributed by atoms with Gasteiger partial charge in [0.1, 0.15) is 5.75 Å². The average molecular weight is 490 g/mol. The van der Waals surface area contributed by atoms with Crippen LogP contribution in [-0.2, 0) is 9.53 Å². The maximum Gasteiger partial charge on any atom is 0.340 e. The largest absolute Gasteiger partial charge is 0.497 e. The molecule has 0 aliphatic rings. The summed E-state index contributed by atoms with van der Waals surface area (Å²) in [4.78, 5) is 35.9. The topological polar surface area (TPSA) is 90.4 Å². The Bertz CT molecular complexity index is 1560.